The second kappa shape index (κ2) is 11.3. The van der Waals surface area contributed by atoms with E-state index in [0.717, 1.165) is 16.7 Å². The van der Waals surface area contributed by atoms with E-state index in [1.165, 1.54) is 0 Å². The van der Waals surface area contributed by atoms with Crippen LogP contribution in [0, 0.1) is 5.92 Å². The van der Waals surface area contributed by atoms with Gasteiger partial charge >= 0.3 is 11.9 Å². The summed E-state index contributed by atoms with van der Waals surface area (Å²) >= 11 is 0. The lowest BCUT2D eigenvalue weighted by molar-refractivity contribution is -0.150. The van der Waals surface area contributed by atoms with Crippen LogP contribution in [0.1, 0.15) is 35.2 Å². The molecule has 0 heterocycles. The molecule has 0 spiro atoms. The first kappa shape index (κ1) is 25.4. The van der Waals surface area contributed by atoms with Gasteiger partial charge in [-0.05, 0) is 41.7 Å². The van der Waals surface area contributed by atoms with Gasteiger partial charge in [-0.25, -0.2) is 4.79 Å². The highest BCUT2D eigenvalue weighted by Crippen LogP contribution is 2.43. The van der Waals surface area contributed by atoms with Gasteiger partial charge in [0.2, 0.25) is 0 Å². The summed E-state index contributed by atoms with van der Waals surface area (Å²) in [5.74, 6) is -2.43. The number of carboxylic acid groups (broad SMARTS) is 1. The van der Waals surface area contributed by atoms with E-state index in [9.17, 15) is 24.9 Å². The molecule has 0 radical (unpaired) electrons. The SMILES string of the molecule is O=C(O)CC1(OC(=O)c2cccc(-c3ccccc3)c2)C(O)CCC1C=CC(O)Cc1ccccc1. The average Bonchev–Trinajstić information content (AvgIpc) is 3.17. The van der Waals surface area contributed by atoms with Crippen LogP contribution in [-0.2, 0) is 16.0 Å². The Hall–Kier alpha value is -3.74. The highest BCUT2D eigenvalue weighted by molar-refractivity contribution is 5.91. The lowest BCUT2D eigenvalue weighted by Gasteiger charge is -2.35. The fraction of sp³-hybridized carbons (Fsp3) is 0.267. The van der Waals surface area contributed by atoms with Crippen molar-refractivity contribution in [2.45, 2.75) is 43.5 Å². The second-order valence-corrected chi connectivity index (χ2v) is 9.20. The maximum absolute atomic E-state index is 13.2. The third-order valence-corrected chi connectivity index (χ3v) is 6.71. The highest BCUT2D eigenvalue weighted by atomic mass is 16.6. The average molecular weight is 487 g/mol. The number of aliphatic carboxylic acids is 1. The Bertz CT molecular complexity index is 1210. The van der Waals surface area contributed by atoms with Crippen LogP contribution in [0.15, 0.2) is 97.1 Å². The van der Waals surface area contributed by atoms with Gasteiger partial charge in [-0.15, -0.1) is 0 Å². The summed E-state index contributed by atoms with van der Waals surface area (Å²) in [6.45, 7) is 0. The number of esters is 1. The van der Waals surface area contributed by atoms with Gasteiger partial charge in [-0.2, -0.15) is 0 Å². The maximum Gasteiger partial charge on any atom is 0.338 e. The van der Waals surface area contributed by atoms with E-state index in [1.807, 2.05) is 66.7 Å². The van der Waals surface area contributed by atoms with Crippen LogP contribution in [0.3, 0.4) is 0 Å². The largest absolute Gasteiger partial charge is 0.481 e. The molecular formula is C30H30O6. The van der Waals surface area contributed by atoms with Crippen molar-refractivity contribution < 1.29 is 29.6 Å². The number of benzene rings is 3. The molecule has 3 N–H and O–H groups in total. The summed E-state index contributed by atoms with van der Waals surface area (Å²) in [5, 5.41) is 31.0. The second-order valence-electron chi connectivity index (χ2n) is 9.20. The first-order valence-electron chi connectivity index (χ1n) is 12.1. The molecule has 6 nitrogen and oxygen atoms in total. The summed E-state index contributed by atoms with van der Waals surface area (Å²) in [6, 6.07) is 26.0. The third-order valence-electron chi connectivity index (χ3n) is 6.71. The van der Waals surface area contributed by atoms with Crippen molar-refractivity contribution in [1.82, 2.24) is 0 Å². The fourth-order valence-electron chi connectivity index (χ4n) is 4.87. The van der Waals surface area contributed by atoms with Crippen molar-refractivity contribution in [2.75, 3.05) is 0 Å². The van der Waals surface area contributed by atoms with Gasteiger partial charge in [0.1, 0.15) is 0 Å². The minimum Gasteiger partial charge on any atom is -0.481 e. The van der Waals surface area contributed by atoms with Crippen molar-refractivity contribution in [3.8, 4) is 11.1 Å². The lowest BCUT2D eigenvalue weighted by Crippen LogP contribution is -2.48. The van der Waals surface area contributed by atoms with E-state index in [2.05, 4.69) is 0 Å². The van der Waals surface area contributed by atoms with E-state index in [-0.39, 0.29) is 12.0 Å². The summed E-state index contributed by atoms with van der Waals surface area (Å²) in [6.07, 6.45) is 1.90. The zero-order valence-corrected chi connectivity index (χ0v) is 19.9. The van der Waals surface area contributed by atoms with Crippen molar-refractivity contribution in [3.05, 3.63) is 108 Å². The molecule has 1 fully saturated rings. The summed E-state index contributed by atoms with van der Waals surface area (Å²) in [4.78, 5) is 25.1. The van der Waals surface area contributed by atoms with Crippen molar-refractivity contribution in [1.29, 1.82) is 0 Å². The molecule has 3 aromatic carbocycles. The smallest absolute Gasteiger partial charge is 0.338 e. The maximum atomic E-state index is 13.2. The number of carbonyl (C=O) groups is 2. The quantitative estimate of drug-likeness (QED) is 0.300. The minimum absolute atomic E-state index is 0.270. The number of carboxylic acids is 1. The van der Waals surface area contributed by atoms with Gasteiger partial charge in [-0.1, -0.05) is 84.9 Å². The number of aliphatic hydroxyl groups excluding tert-OH is 2. The molecule has 6 heteroatoms. The zero-order chi connectivity index (χ0) is 25.5. The van der Waals surface area contributed by atoms with Crippen molar-refractivity contribution >= 4 is 11.9 Å². The molecule has 4 atom stereocenters. The van der Waals surface area contributed by atoms with Crippen LogP contribution in [0.4, 0.5) is 0 Å². The number of hydrogen-bond donors (Lipinski definition) is 3. The Morgan fingerprint density at radius 3 is 2.31 bits per heavy atom. The molecule has 0 saturated heterocycles. The van der Waals surface area contributed by atoms with Gasteiger partial charge < -0.3 is 20.1 Å². The van der Waals surface area contributed by atoms with E-state index in [4.69, 9.17) is 4.74 Å². The Kier molecular flexibility index (Phi) is 7.98. The van der Waals surface area contributed by atoms with E-state index in [0.29, 0.717) is 12.8 Å². The Morgan fingerprint density at radius 1 is 0.944 bits per heavy atom. The molecule has 0 aliphatic heterocycles. The van der Waals surface area contributed by atoms with Crippen LogP contribution >= 0.6 is 0 Å². The van der Waals surface area contributed by atoms with Gasteiger partial charge in [0, 0.05) is 12.3 Å². The van der Waals surface area contributed by atoms with E-state index in [1.54, 1.807) is 30.4 Å². The summed E-state index contributed by atoms with van der Waals surface area (Å²) in [5.41, 5.74) is 1.36. The van der Waals surface area contributed by atoms with Gasteiger partial charge in [0.15, 0.2) is 5.60 Å². The topological polar surface area (TPSA) is 104 Å². The molecule has 0 amide bonds. The fourth-order valence-corrected chi connectivity index (χ4v) is 4.87. The summed E-state index contributed by atoms with van der Waals surface area (Å²) < 4.78 is 5.86. The number of aliphatic hydroxyl groups is 2. The molecule has 36 heavy (non-hydrogen) atoms. The van der Waals surface area contributed by atoms with Gasteiger partial charge in [-0.3, -0.25) is 4.79 Å². The minimum atomic E-state index is -1.63. The number of carbonyl (C=O) groups excluding carboxylic acids is 1. The first-order valence-corrected chi connectivity index (χ1v) is 12.1. The van der Waals surface area contributed by atoms with E-state index < -0.39 is 42.1 Å². The molecule has 186 valence electrons. The Morgan fingerprint density at radius 2 is 1.61 bits per heavy atom. The van der Waals surface area contributed by atoms with E-state index >= 15 is 0 Å². The summed E-state index contributed by atoms with van der Waals surface area (Å²) in [7, 11) is 0. The standard InChI is InChI=1S/C30H30O6/c31-26(18-21-8-3-1-4-9-21)16-14-25-15-17-27(32)30(25,20-28(33)34)36-29(35)24-13-7-12-23(19-24)22-10-5-2-6-11-22/h1-14,16,19,25-27,31-32H,15,17-18,20H2,(H,33,34). The molecule has 4 unspecified atom stereocenters. The van der Waals surface area contributed by atoms with Gasteiger partial charge in [0.25, 0.3) is 0 Å². The molecule has 0 aromatic heterocycles. The van der Waals surface area contributed by atoms with Crippen molar-refractivity contribution in [3.63, 3.8) is 0 Å². The number of ether oxygens (including phenoxy) is 1. The number of rotatable bonds is 9. The van der Waals surface area contributed by atoms with Crippen LogP contribution in [0.5, 0.6) is 0 Å². The molecule has 0 bridgehead atoms. The van der Waals surface area contributed by atoms with Crippen molar-refractivity contribution in [2.24, 2.45) is 5.92 Å². The predicted molar refractivity (Wildman–Crippen MR) is 136 cm³/mol. The molecule has 3 aromatic rings. The molecular weight excluding hydrogens is 456 g/mol. The zero-order valence-electron chi connectivity index (χ0n) is 19.9. The van der Waals surface area contributed by atoms with Crippen LogP contribution in [-0.4, -0.2) is 45.1 Å². The normalized spacial score (nSPS) is 22.4. The highest BCUT2D eigenvalue weighted by Gasteiger charge is 2.53. The predicted octanol–water partition coefficient (Wildman–Crippen LogP) is 4.65. The monoisotopic (exact) mass is 486 g/mol. The van der Waals surface area contributed by atoms with Crippen LogP contribution in [0.2, 0.25) is 0 Å². The van der Waals surface area contributed by atoms with Gasteiger partial charge in [0.05, 0.1) is 24.2 Å². The molecule has 1 saturated carbocycles. The molecule has 1 aliphatic rings. The first-order chi connectivity index (χ1) is 17.4. The van der Waals surface area contributed by atoms with Crippen LogP contribution < -0.4 is 0 Å². The Labute approximate surface area is 210 Å². The molecule has 1 aliphatic carbocycles. The third kappa shape index (κ3) is 5.90. The molecule has 4 rings (SSSR count). The number of hydrogen-bond acceptors (Lipinski definition) is 5. The Balaban J connectivity index is 1.56. The van der Waals surface area contributed by atoms with Crippen LogP contribution in [0.25, 0.3) is 11.1 Å². The lowest BCUT2D eigenvalue weighted by atomic mass is 9.85.